The zero-order valence-corrected chi connectivity index (χ0v) is 15.2. The van der Waals surface area contributed by atoms with E-state index in [-0.39, 0.29) is 30.5 Å². The smallest absolute Gasteiger partial charge is 0.310 e. The molecule has 2 aromatic rings. The van der Waals surface area contributed by atoms with Crippen molar-refractivity contribution in [1.82, 2.24) is 0 Å². The highest BCUT2D eigenvalue weighted by Crippen LogP contribution is 2.52. The fourth-order valence-electron chi connectivity index (χ4n) is 4.56. The monoisotopic (exact) mass is 368 g/mol. The third kappa shape index (κ3) is 2.43. The highest BCUT2D eigenvalue weighted by Gasteiger charge is 2.48. The van der Waals surface area contributed by atoms with Crippen molar-refractivity contribution in [3.8, 4) is 23.0 Å². The van der Waals surface area contributed by atoms with Gasteiger partial charge < -0.3 is 23.7 Å². The van der Waals surface area contributed by atoms with Gasteiger partial charge in [0.25, 0.3) is 0 Å². The summed E-state index contributed by atoms with van der Waals surface area (Å²) in [5, 5.41) is 0. The number of carbonyl (C=O) groups is 1. The molecule has 0 N–H and O–H groups in total. The van der Waals surface area contributed by atoms with E-state index in [0.29, 0.717) is 12.4 Å². The highest BCUT2D eigenvalue weighted by molar-refractivity contribution is 5.78. The molecule has 3 atom stereocenters. The number of fused-ring (bicyclic) bond motifs is 3. The molecule has 1 aliphatic carbocycles. The molecule has 6 nitrogen and oxygen atoms in total. The summed E-state index contributed by atoms with van der Waals surface area (Å²) in [6.07, 6.45) is 0.783. The van der Waals surface area contributed by atoms with E-state index >= 15 is 0 Å². The van der Waals surface area contributed by atoms with Crippen LogP contribution in [0.5, 0.6) is 23.0 Å². The number of carbonyl (C=O) groups excluding carboxylic acids is 1. The molecular weight excluding hydrogens is 348 g/mol. The molecular formula is C21H20O6. The lowest BCUT2D eigenvalue weighted by molar-refractivity contribution is -0.141. The van der Waals surface area contributed by atoms with Gasteiger partial charge in [-0.15, -0.1) is 0 Å². The van der Waals surface area contributed by atoms with Crippen molar-refractivity contribution < 1.29 is 28.5 Å². The summed E-state index contributed by atoms with van der Waals surface area (Å²) in [6, 6.07) is 9.73. The van der Waals surface area contributed by atoms with Gasteiger partial charge in [-0.3, -0.25) is 4.79 Å². The fourth-order valence-corrected chi connectivity index (χ4v) is 4.56. The number of methoxy groups -OCH3 is 2. The number of esters is 1. The number of ether oxygens (including phenoxy) is 5. The molecule has 0 amide bonds. The van der Waals surface area contributed by atoms with Crippen LogP contribution in [0.25, 0.3) is 0 Å². The summed E-state index contributed by atoms with van der Waals surface area (Å²) in [4.78, 5) is 12.6. The summed E-state index contributed by atoms with van der Waals surface area (Å²) in [6.45, 7) is 0.667. The lowest BCUT2D eigenvalue weighted by atomic mass is 9.67. The van der Waals surface area contributed by atoms with Gasteiger partial charge in [0.1, 0.15) is 11.5 Å². The summed E-state index contributed by atoms with van der Waals surface area (Å²) < 4.78 is 27.6. The number of benzene rings is 2. The number of hydrogen-bond donors (Lipinski definition) is 0. The third-order valence-corrected chi connectivity index (χ3v) is 5.80. The van der Waals surface area contributed by atoms with Crippen LogP contribution >= 0.6 is 0 Å². The van der Waals surface area contributed by atoms with E-state index < -0.39 is 0 Å². The lowest BCUT2D eigenvalue weighted by Gasteiger charge is -2.34. The Balaban J connectivity index is 1.73. The second-order valence-corrected chi connectivity index (χ2v) is 7.11. The van der Waals surface area contributed by atoms with E-state index in [0.717, 1.165) is 40.4 Å². The molecule has 2 heterocycles. The largest absolute Gasteiger partial charge is 0.497 e. The molecule has 27 heavy (non-hydrogen) atoms. The van der Waals surface area contributed by atoms with Crippen LogP contribution in [0.3, 0.4) is 0 Å². The first kappa shape index (κ1) is 16.3. The van der Waals surface area contributed by atoms with E-state index in [1.807, 2.05) is 30.3 Å². The topological polar surface area (TPSA) is 63.2 Å². The van der Waals surface area contributed by atoms with Crippen LogP contribution in [-0.2, 0) is 16.0 Å². The molecule has 0 radical (unpaired) electrons. The minimum atomic E-state index is -0.251. The van der Waals surface area contributed by atoms with Crippen molar-refractivity contribution in [1.29, 1.82) is 0 Å². The number of rotatable bonds is 3. The van der Waals surface area contributed by atoms with Crippen molar-refractivity contribution >= 4 is 5.97 Å². The normalized spacial score (nSPS) is 24.8. The van der Waals surface area contributed by atoms with E-state index in [1.54, 1.807) is 14.2 Å². The summed E-state index contributed by atoms with van der Waals surface area (Å²) in [7, 11) is 3.27. The zero-order valence-electron chi connectivity index (χ0n) is 15.2. The van der Waals surface area contributed by atoms with E-state index in [1.165, 1.54) is 0 Å². The Morgan fingerprint density at radius 3 is 2.56 bits per heavy atom. The van der Waals surface area contributed by atoms with Gasteiger partial charge in [-0.1, -0.05) is 0 Å². The van der Waals surface area contributed by atoms with Gasteiger partial charge in [0, 0.05) is 17.4 Å². The van der Waals surface area contributed by atoms with Crippen LogP contribution in [0, 0.1) is 11.8 Å². The Bertz CT molecular complexity index is 921. The maximum absolute atomic E-state index is 12.6. The Labute approximate surface area is 156 Å². The Morgan fingerprint density at radius 2 is 1.78 bits per heavy atom. The van der Waals surface area contributed by atoms with Gasteiger partial charge in [0.2, 0.25) is 6.79 Å². The maximum atomic E-state index is 12.6. The maximum Gasteiger partial charge on any atom is 0.310 e. The van der Waals surface area contributed by atoms with Gasteiger partial charge in [-0.05, 0) is 47.9 Å². The van der Waals surface area contributed by atoms with E-state index in [9.17, 15) is 4.79 Å². The molecule has 140 valence electrons. The zero-order chi connectivity index (χ0) is 18.5. The van der Waals surface area contributed by atoms with Crippen molar-refractivity contribution in [2.45, 2.75) is 12.3 Å². The molecule has 5 rings (SSSR count). The average Bonchev–Trinajstić information content (AvgIpc) is 3.30. The number of cyclic esters (lactones) is 1. The van der Waals surface area contributed by atoms with Crippen molar-refractivity contribution in [2.24, 2.45) is 11.8 Å². The average molecular weight is 368 g/mol. The van der Waals surface area contributed by atoms with Crippen LogP contribution in [0.2, 0.25) is 0 Å². The lowest BCUT2D eigenvalue weighted by Crippen LogP contribution is -2.31. The van der Waals surface area contributed by atoms with Crippen molar-refractivity contribution in [3.63, 3.8) is 0 Å². The van der Waals surface area contributed by atoms with E-state index in [4.69, 9.17) is 23.7 Å². The predicted molar refractivity (Wildman–Crippen MR) is 95.6 cm³/mol. The van der Waals surface area contributed by atoms with Crippen LogP contribution in [0.1, 0.15) is 22.6 Å². The molecule has 0 unspecified atom stereocenters. The van der Waals surface area contributed by atoms with Crippen molar-refractivity contribution in [2.75, 3.05) is 27.6 Å². The fraction of sp³-hybridized carbons (Fsp3) is 0.381. The second-order valence-electron chi connectivity index (χ2n) is 7.11. The molecule has 0 bridgehead atoms. The molecule has 0 saturated carbocycles. The third-order valence-electron chi connectivity index (χ3n) is 5.80. The molecule has 2 aromatic carbocycles. The van der Waals surface area contributed by atoms with Crippen LogP contribution in [0.15, 0.2) is 30.3 Å². The second kappa shape index (κ2) is 6.08. The van der Waals surface area contributed by atoms with Crippen LogP contribution in [-0.4, -0.2) is 33.6 Å². The first-order valence-electron chi connectivity index (χ1n) is 9.00. The molecule has 1 fully saturated rings. The van der Waals surface area contributed by atoms with Crippen LogP contribution < -0.4 is 18.9 Å². The van der Waals surface area contributed by atoms with Gasteiger partial charge in [0.05, 0.1) is 26.7 Å². The summed E-state index contributed by atoms with van der Waals surface area (Å²) in [5.74, 6) is 2.46. The first-order chi connectivity index (χ1) is 13.2. The summed E-state index contributed by atoms with van der Waals surface area (Å²) >= 11 is 0. The Kier molecular flexibility index (Phi) is 3.67. The highest BCUT2D eigenvalue weighted by atomic mass is 16.7. The molecule has 6 heteroatoms. The minimum absolute atomic E-state index is 0.131. The van der Waals surface area contributed by atoms with Crippen LogP contribution in [0.4, 0.5) is 0 Å². The summed E-state index contributed by atoms with van der Waals surface area (Å²) in [5.41, 5.74) is 3.14. The Hall–Kier alpha value is -2.89. The molecule has 0 aromatic heterocycles. The van der Waals surface area contributed by atoms with Gasteiger partial charge in [0.15, 0.2) is 11.5 Å². The predicted octanol–water partition coefficient (Wildman–Crippen LogP) is 2.91. The molecule has 2 aliphatic heterocycles. The molecule has 1 saturated heterocycles. The number of hydrogen-bond acceptors (Lipinski definition) is 6. The van der Waals surface area contributed by atoms with Gasteiger partial charge >= 0.3 is 5.97 Å². The van der Waals surface area contributed by atoms with Gasteiger partial charge in [-0.2, -0.15) is 0 Å². The Morgan fingerprint density at radius 1 is 0.963 bits per heavy atom. The van der Waals surface area contributed by atoms with Crippen molar-refractivity contribution in [3.05, 3.63) is 47.0 Å². The minimum Gasteiger partial charge on any atom is -0.497 e. The standard InChI is InChI=1S/C21H20O6/c1-23-13-3-4-16(24-2)15(7-13)20-14-8-18-17(26-10-27-18)6-11(14)5-12-9-25-21(22)19(12)20/h3-4,6-8,12,19-20H,5,9-10H2,1-2H3/t12-,19-,20+/m0/s1. The molecule has 0 spiro atoms. The van der Waals surface area contributed by atoms with Gasteiger partial charge in [-0.25, -0.2) is 0 Å². The SMILES string of the molecule is COc1ccc(OC)c([C@H]2c3cc4c(cc3C[C@H]3COC(=O)[C@@H]32)OCO4)c1. The molecule has 3 aliphatic rings. The first-order valence-corrected chi connectivity index (χ1v) is 9.00. The quantitative estimate of drug-likeness (QED) is 0.777. The van der Waals surface area contributed by atoms with E-state index in [2.05, 4.69) is 0 Å².